The average Bonchev–Trinajstić information content (AvgIpc) is 3.13. The van der Waals surface area contributed by atoms with Crippen molar-refractivity contribution in [1.82, 2.24) is 15.3 Å². The highest BCUT2D eigenvalue weighted by atomic mass is 32.2. The number of halogens is 2. The Kier molecular flexibility index (Phi) is 6.78. The van der Waals surface area contributed by atoms with Crippen LogP contribution in [0.4, 0.5) is 14.5 Å². The first-order valence-electron chi connectivity index (χ1n) is 10.1. The van der Waals surface area contributed by atoms with E-state index in [0.29, 0.717) is 0 Å². The van der Waals surface area contributed by atoms with Crippen molar-refractivity contribution in [1.29, 1.82) is 0 Å². The van der Waals surface area contributed by atoms with Gasteiger partial charge in [0, 0.05) is 6.42 Å². The van der Waals surface area contributed by atoms with Gasteiger partial charge in [0.05, 0.1) is 5.69 Å². The van der Waals surface area contributed by atoms with E-state index in [1.807, 2.05) is 4.98 Å². The fraction of sp³-hybridized carbons (Fsp3) is 0.136. The number of thioether (sulfide) groups is 1. The predicted octanol–water partition coefficient (Wildman–Crippen LogP) is 1.75. The van der Waals surface area contributed by atoms with E-state index >= 15 is 0 Å². The summed E-state index contributed by atoms with van der Waals surface area (Å²) in [5.74, 6) is -3.07. The van der Waals surface area contributed by atoms with Crippen LogP contribution in [0.25, 0.3) is 0 Å². The lowest BCUT2D eigenvalue weighted by Crippen LogP contribution is -2.29. The number of amidine groups is 1. The molecule has 2 aromatic carbocycles. The number of nitrogens with one attached hydrogen (secondary N) is 4. The topological polar surface area (TPSA) is 157 Å². The first-order valence-corrected chi connectivity index (χ1v) is 11.0. The molecular weight excluding hydrogens is 484 g/mol. The van der Waals surface area contributed by atoms with Crippen molar-refractivity contribution in [3.8, 4) is 5.88 Å². The standard InChI is InChI=1S/C22H17F2N5O5S/c23-11-7-5-10(6-8-11)17(16-19(32)27-21(34)28-20(16)33)26-22-29-18(31)14(35-22)9-15(30)25-13-4-2-1-3-12(13)24/h1-8,14,17H,9H2,(H,25,30)(H,26,29,31)(H3,27,28,32,33,34). The van der Waals surface area contributed by atoms with Gasteiger partial charge in [-0.15, -0.1) is 0 Å². The number of aromatic nitrogens is 2. The molecule has 35 heavy (non-hydrogen) atoms. The minimum Gasteiger partial charge on any atom is -0.494 e. The van der Waals surface area contributed by atoms with Gasteiger partial charge in [0.2, 0.25) is 17.7 Å². The summed E-state index contributed by atoms with van der Waals surface area (Å²) in [6, 6.07) is 9.24. The van der Waals surface area contributed by atoms with Crippen molar-refractivity contribution >= 4 is 34.4 Å². The van der Waals surface area contributed by atoms with E-state index < -0.39 is 51.9 Å². The number of nitrogens with zero attached hydrogens (tertiary/aromatic N) is 1. The number of aromatic hydroxyl groups is 1. The Morgan fingerprint density at radius 3 is 2.49 bits per heavy atom. The molecule has 0 bridgehead atoms. The molecule has 0 spiro atoms. The maximum Gasteiger partial charge on any atom is 0.328 e. The first-order chi connectivity index (χ1) is 16.7. The summed E-state index contributed by atoms with van der Waals surface area (Å²) in [6.45, 7) is 0. The largest absolute Gasteiger partial charge is 0.494 e. The summed E-state index contributed by atoms with van der Waals surface area (Å²) in [5, 5.41) is 14.2. The van der Waals surface area contributed by atoms with E-state index in [2.05, 4.69) is 20.6 Å². The Bertz CT molecular complexity index is 1440. The second-order valence-corrected chi connectivity index (χ2v) is 8.58. The van der Waals surface area contributed by atoms with Crippen LogP contribution in [-0.2, 0) is 9.59 Å². The normalized spacial score (nSPS) is 17.3. The molecule has 10 nitrogen and oxygen atoms in total. The number of carbonyl (C=O) groups excluding carboxylic acids is 2. The number of para-hydroxylation sites is 1. The molecule has 180 valence electrons. The van der Waals surface area contributed by atoms with Gasteiger partial charge in [-0.05, 0) is 29.8 Å². The molecule has 4 rings (SSSR count). The minimum absolute atomic E-state index is 0.0259. The van der Waals surface area contributed by atoms with Crippen molar-refractivity contribution in [2.75, 3.05) is 5.32 Å². The van der Waals surface area contributed by atoms with Crippen molar-refractivity contribution in [3.05, 3.63) is 92.1 Å². The number of rotatable bonds is 6. The number of amides is 2. The molecule has 5 N–H and O–H groups in total. The van der Waals surface area contributed by atoms with E-state index in [1.54, 1.807) is 6.07 Å². The minimum atomic E-state index is -1.23. The van der Waals surface area contributed by atoms with Gasteiger partial charge in [-0.3, -0.25) is 24.4 Å². The quantitative estimate of drug-likeness (QED) is 0.346. The highest BCUT2D eigenvalue weighted by Crippen LogP contribution is 2.32. The van der Waals surface area contributed by atoms with E-state index in [9.17, 15) is 33.1 Å². The van der Waals surface area contributed by atoms with E-state index in [-0.39, 0.29) is 28.4 Å². The summed E-state index contributed by atoms with van der Waals surface area (Å²) in [7, 11) is 0. The molecule has 2 heterocycles. The van der Waals surface area contributed by atoms with Gasteiger partial charge < -0.3 is 15.7 Å². The van der Waals surface area contributed by atoms with Crippen molar-refractivity contribution in [2.45, 2.75) is 17.7 Å². The van der Waals surface area contributed by atoms with Gasteiger partial charge in [-0.1, -0.05) is 36.0 Å². The lowest BCUT2D eigenvalue weighted by atomic mass is 10.0. The van der Waals surface area contributed by atoms with Gasteiger partial charge in [-0.2, -0.15) is 0 Å². The number of aliphatic imine (C=N–C) groups is 1. The highest BCUT2D eigenvalue weighted by molar-refractivity contribution is 8.15. The van der Waals surface area contributed by atoms with Crippen LogP contribution in [0.3, 0.4) is 0 Å². The van der Waals surface area contributed by atoms with Crippen LogP contribution < -0.4 is 21.9 Å². The molecule has 3 aromatic rings. The van der Waals surface area contributed by atoms with Crippen molar-refractivity contribution in [2.24, 2.45) is 4.99 Å². The third kappa shape index (κ3) is 5.46. The Balaban J connectivity index is 1.60. The van der Waals surface area contributed by atoms with Gasteiger partial charge in [0.25, 0.3) is 5.56 Å². The lowest BCUT2D eigenvalue weighted by molar-refractivity contribution is -0.122. The van der Waals surface area contributed by atoms with Crippen LogP contribution in [0.5, 0.6) is 5.88 Å². The number of benzene rings is 2. The lowest BCUT2D eigenvalue weighted by Gasteiger charge is -2.14. The Morgan fingerprint density at radius 1 is 1.09 bits per heavy atom. The van der Waals surface area contributed by atoms with E-state index in [4.69, 9.17) is 0 Å². The Labute approximate surface area is 199 Å². The molecule has 1 aliphatic rings. The number of H-pyrrole nitrogens is 2. The molecule has 0 saturated carbocycles. The van der Waals surface area contributed by atoms with Crippen LogP contribution in [0.1, 0.15) is 23.6 Å². The zero-order valence-corrected chi connectivity index (χ0v) is 18.5. The van der Waals surface area contributed by atoms with Crippen LogP contribution in [-0.4, -0.2) is 37.3 Å². The molecule has 2 amide bonds. The van der Waals surface area contributed by atoms with Crippen LogP contribution >= 0.6 is 11.8 Å². The molecule has 1 fully saturated rings. The third-order valence-corrected chi connectivity index (χ3v) is 6.06. The number of hydrogen-bond acceptors (Lipinski definition) is 7. The van der Waals surface area contributed by atoms with Gasteiger partial charge >= 0.3 is 5.69 Å². The highest BCUT2D eigenvalue weighted by Gasteiger charge is 2.34. The molecule has 0 aliphatic carbocycles. The maximum absolute atomic E-state index is 13.8. The number of carbonyl (C=O) groups is 2. The van der Waals surface area contributed by atoms with E-state index in [1.165, 1.54) is 30.3 Å². The Hall–Kier alpha value is -4.26. The van der Waals surface area contributed by atoms with Gasteiger partial charge in [0.15, 0.2) is 5.17 Å². The fourth-order valence-electron chi connectivity index (χ4n) is 3.34. The number of anilines is 1. The van der Waals surface area contributed by atoms with E-state index in [0.717, 1.165) is 23.9 Å². The Morgan fingerprint density at radius 2 is 1.80 bits per heavy atom. The summed E-state index contributed by atoms with van der Waals surface area (Å²) in [4.78, 5) is 57.1. The fourth-order valence-corrected chi connectivity index (χ4v) is 4.33. The molecule has 1 aliphatic heterocycles. The van der Waals surface area contributed by atoms with Crippen molar-refractivity contribution in [3.63, 3.8) is 0 Å². The SMILES string of the molecule is O=C(CC1SC(=NC(c2ccc(F)cc2)c2c(O)[nH]c(=O)[nH]c2=O)NC1=O)Nc1ccccc1F. The first kappa shape index (κ1) is 23.9. The molecule has 1 saturated heterocycles. The summed E-state index contributed by atoms with van der Waals surface area (Å²) in [6.07, 6.45) is -0.296. The zero-order valence-electron chi connectivity index (χ0n) is 17.7. The molecule has 13 heteroatoms. The average molecular weight is 501 g/mol. The van der Waals surface area contributed by atoms with Gasteiger partial charge in [0.1, 0.15) is 28.5 Å². The van der Waals surface area contributed by atoms with Crippen LogP contribution in [0.15, 0.2) is 63.1 Å². The predicted molar refractivity (Wildman–Crippen MR) is 124 cm³/mol. The smallest absolute Gasteiger partial charge is 0.328 e. The molecular formula is C22H17F2N5O5S. The molecule has 0 radical (unpaired) electrons. The number of hydrogen-bond donors (Lipinski definition) is 5. The second kappa shape index (κ2) is 9.93. The maximum atomic E-state index is 13.8. The monoisotopic (exact) mass is 501 g/mol. The van der Waals surface area contributed by atoms with Crippen molar-refractivity contribution < 1.29 is 23.5 Å². The van der Waals surface area contributed by atoms with Gasteiger partial charge in [-0.25, -0.2) is 18.6 Å². The number of aromatic amines is 2. The third-order valence-electron chi connectivity index (χ3n) is 4.96. The molecule has 2 atom stereocenters. The zero-order chi connectivity index (χ0) is 25.1. The summed E-state index contributed by atoms with van der Waals surface area (Å²) < 4.78 is 27.2. The second-order valence-electron chi connectivity index (χ2n) is 7.39. The van der Waals surface area contributed by atoms with Crippen LogP contribution in [0, 0.1) is 11.6 Å². The molecule has 1 aromatic heterocycles. The summed E-state index contributed by atoms with van der Waals surface area (Å²) in [5.41, 5.74) is -1.95. The molecule has 2 unspecified atom stereocenters. The van der Waals surface area contributed by atoms with Crippen LogP contribution in [0.2, 0.25) is 0 Å². The summed E-state index contributed by atoms with van der Waals surface area (Å²) >= 11 is 0.892.